The quantitative estimate of drug-likeness (QED) is 0.261. The Kier molecular flexibility index (Phi) is 9.13. The number of rotatable bonds is 11. The molecule has 0 atom stereocenters. The molecule has 2 aromatic carbocycles. The fraction of sp³-hybridized carbons (Fsp3) is 0.300. The third-order valence-corrected chi connectivity index (χ3v) is 7.54. The summed E-state index contributed by atoms with van der Waals surface area (Å²) in [5, 5.41) is 0.742. The SMILES string of the molecule is O=C(CCN(Cc1ccco1)c1nc(Cc2ccc(F)cc2)ns1)N1CCN(C/C=C/c2ccccc2)CC1. The van der Waals surface area contributed by atoms with Gasteiger partial charge < -0.3 is 14.2 Å². The van der Waals surface area contributed by atoms with Crippen molar-refractivity contribution in [3.05, 3.63) is 108 Å². The Labute approximate surface area is 232 Å². The van der Waals surface area contributed by atoms with Gasteiger partial charge in [0.25, 0.3) is 0 Å². The van der Waals surface area contributed by atoms with E-state index in [0.29, 0.717) is 31.8 Å². The minimum absolute atomic E-state index is 0.148. The number of benzene rings is 2. The first kappa shape index (κ1) is 26.8. The van der Waals surface area contributed by atoms with Crippen molar-refractivity contribution in [2.75, 3.05) is 44.2 Å². The van der Waals surface area contributed by atoms with E-state index in [1.54, 1.807) is 18.4 Å². The number of hydrogen-bond acceptors (Lipinski definition) is 7. The molecular formula is C30H32FN5O2S. The number of halogens is 1. The molecule has 4 aromatic rings. The monoisotopic (exact) mass is 545 g/mol. The predicted molar refractivity (Wildman–Crippen MR) is 152 cm³/mol. The Morgan fingerprint density at radius 3 is 2.56 bits per heavy atom. The van der Waals surface area contributed by atoms with Crippen molar-refractivity contribution in [3.8, 4) is 0 Å². The summed E-state index contributed by atoms with van der Waals surface area (Å²) in [6.07, 6.45) is 6.89. The summed E-state index contributed by atoms with van der Waals surface area (Å²) >= 11 is 1.31. The second kappa shape index (κ2) is 13.3. The number of piperazine rings is 1. The fourth-order valence-corrected chi connectivity index (χ4v) is 5.24. The second-order valence-electron chi connectivity index (χ2n) is 9.54. The Bertz CT molecular complexity index is 1330. The molecule has 0 aliphatic carbocycles. The van der Waals surface area contributed by atoms with Crippen molar-refractivity contribution >= 4 is 28.6 Å². The molecule has 5 rings (SSSR count). The van der Waals surface area contributed by atoms with E-state index in [9.17, 15) is 9.18 Å². The highest BCUT2D eigenvalue weighted by Gasteiger charge is 2.22. The summed E-state index contributed by atoms with van der Waals surface area (Å²) in [4.78, 5) is 24.2. The average molecular weight is 546 g/mol. The molecule has 3 heterocycles. The molecule has 1 amide bonds. The highest BCUT2D eigenvalue weighted by atomic mass is 32.1. The molecule has 202 valence electrons. The van der Waals surface area contributed by atoms with Gasteiger partial charge in [0.1, 0.15) is 17.4 Å². The summed E-state index contributed by atoms with van der Waals surface area (Å²) in [5.74, 6) is 1.36. The molecule has 0 saturated carbocycles. The van der Waals surface area contributed by atoms with E-state index < -0.39 is 0 Å². The molecule has 2 aromatic heterocycles. The molecule has 7 nitrogen and oxygen atoms in total. The third-order valence-electron chi connectivity index (χ3n) is 6.72. The second-order valence-corrected chi connectivity index (χ2v) is 10.3. The number of anilines is 1. The molecule has 1 aliphatic rings. The first-order chi connectivity index (χ1) is 19.1. The van der Waals surface area contributed by atoms with Crippen LogP contribution in [0.3, 0.4) is 0 Å². The summed E-state index contributed by atoms with van der Waals surface area (Å²) in [5.41, 5.74) is 2.15. The van der Waals surface area contributed by atoms with Crippen molar-refractivity contribution in [1.82, 2.24) is 19.2 Å². The third kappa shape index (κ3) is 7.84. The smallest absolute Gasteiger partial charge is 0.224 e. The molecular weight excluding hydrogens is 513 g/mol. The molecule has 1 aliphatic heterocycles. The normalized spacial score (nSPS) is 14.2. The number of amides is 1. The average Bonchev–Trinajstić information content (AvgIpc) is 3.65. The van der Waals surface area contributed by atoms with Crippen molar-refractivity contribution in [1.29, 1.82) is 0 Å². The molecule has 0 spiro atoms. The molecule has 9 heteroatoms. The van der Waals surface area contributed by atoms with Crippen LogP contribution in [0.4, 0.5) is 9.52 Å². The summed E-state index contributed by atoms with van der Waals surface area (Å²) in [7, 11) is 0. The number of aromatic nitrogens is 2. The van der Waals surface area contributed by atoms with Crippen LogP contribution in [-0.2, 0) is 17.8 Å². The largest absolute Gasteiger partial charge is 0.467 e. The van der Waals surface area contributed by atoms with Gasteiger partial charge in [0.05, 0.1) is 12.8 Å². The van der Waals surface area contributed by atoms with Crippen LogP contribution in [0.2, 0.25) is 0 Å². The predicted octanol–water partition coefficient (Wildman–Crippen LogP) is 5.12. The van der Waals surface area contributed by atoms with Crippen molar-refractivity contribution in [2.45, 2.75) is 19.4 Å². The van der Waals surface area contributed by atoms with Crippen LogP contribution >= 0.6 is 11.5 Å². The van der Waals surface area contributed by atoms with Crippen LogP contribution in [0.15, 0.2) is 83.5 Å². The van der Waals surface area contributed by atoms with Gasteiger partial charge in [-0.05, 0) is 35.4 Å². The van der Waals surface area contributed by atoms with Crippen LogP contribution in [0.25, 0.3) is 6.08 Å². The van der Waals surface area contributed by atoms with Gasteiger partial charge in [-0.3, -0.25) is 9.69 Å². The zero-order chi connectivity index (χ0) is 26.9. The Morgan fingerprint density at radius 1 is 1.03 bits per heavy atom. The molecule has 0 unspecified atom stereocenters. The Balaban J connectivity index is 1.13. The van der Waals surface area contributed by atoms with Crippen LogP contribution in [0, 0.1) is 5.82 Å². The highest BCUT2D eigenvalue weighted by molar-refractivity contribution is 7.09. The molecule has 0 radical (unpaired) electrons. The maximum atomic E-state index is 13.2. The Hall–Kier alpha value is -3.82. The fourth-order valence-electron chi connectivity index (χ4n) is 4.53. The molecule has 1 saturated heterocycles. The van der Waals surface area contributed by atoms with Crippen molar-refractivity contribution in [2.24, 2.45) is 0 Å². The number of furan rings is 1. The van der Waals surface area contributed by atoms with E-state index in [4.69, 9.17) is 9.40 Å². The lowest BCUT2D eigenvalue weighted by molar-refractivity contribution is -0.132. The standard InChI is InChI=1S/C30H32FN5O2S/c31-26-12-10-25(11-13-26)22-28-32-30(39-33-28)36(23-27-9-5-21-38-27)16-14-29(37)35-19-17-34(18-20-35)15-4-8-24-6-2-1-3-7-24/h1-13,21H,14-20,22-23H2/b8-4+. The van der Waals surface area contributed by atoms with E-state index in [-0.39, 0.29) is 11.7 Å². The number of carbonyl (C=O) groups is 1. The van der Waals surface area contributed by atoms with Gasteiger partial charge in [-0.25, -0.2) is 9.37 Å². The van der Waals surface area contributed by atoms with E-state index in [1.807, 2.05) is 40.1 Å². The van der Waals surface area contributed by atoms with Crippen LogP contribution < -0.4 is 4.90 Å². The first-order valence-corrected chi connectivity index (χ1v) is 14.0. The summed E-state index contributed by atoms with van der Waals surface area (Å²) in [6.45, 7) is 5.10. The molecule has 0 N–H and O–H groups in total. The van der Waals surface area contributed by atoms with Gasteiger partial charge in [0.2, 0.25) is 11.0 Å². The van der Waals surface area contributed by atoms with E-state index >= 15 is 0 Å². The van der Waals surface area contributed by atoms with Gasteiger partial charge in [-0.2, -0.15) is 4.37 Å². The van der Waals surface area contributed by atoms with Gasteiger partial charge >= 0.3 is 0 Å². The molecule has 39 heavy (non-hydrogen) atoms. The van der Waals surface area contributed by atoms with Gasteiger partial charge in [0.15, 0.2) is 0 Å². The zero-order valence-electron chi connectivity index (χ0n) is 21.8. The zero-order valence-corrected chi connectivity index (χ0v) is 22.6. The number of carbonyl (C=O) groups excluding carboxylic acids is 1. The lowest BCUT2D eigenvalue weighted by Gasteiger charge is -2.34. The van der Waals surface area contributed by atoms with Gasteiger partial charge in [-0.1, -0.05) is 54.6 Å². The topological polar surface area (TPSA) is 65.7 Å². The maximum absolute atomic E-state index is 13.2. The van der Waals surface area contributed by atoms with Gasteiger partial charge in [0, 0.05) is 63.6 Å². The number of hydrogen-bond donors (Lipinski definition) is 0. The van der Waals surface area contributed by atoms with Crippen molar-refractivity contribution < 1.29 is 13.6 Å². The minimum atomic E-state index is -0.263. The molecule has 0 bridgehead atoms. The maximum Gasteiger partial charge on any atom is 0.224 e. The van der Waals surface area contributed by atoms with E-state index in [0.717, 1.165) is 49.2 Å². The molecule has 1 fully saturated rings. The first-order valence-electron chi connectivity index (χ1n) is 13.2. The van der Waals surface area contributed by atoms with Crippen LogP contribution in [-0.4, -0.2) is 64.3 Å². The number of nitrogens with zero attached hydrogens (tertiary/aromatic N) is 5. The van der Waals surface area contributed by atoms with E-state index in [2.05, 4.69) is 33.6 Å². The highest BCUT2D eigenvalue weighted by Crippen LogP contribution is 2.22. The Morgan fingerprint density at radius 2 is 1.82 bits per heavy atom. The lowest BCUT2D eigenvalue weighted by atomic mass is 10.1. The summed E-state index contributed by atoms with van der Waals surface area (Å²) in [6, 6.07) is 20.4. The van der Waals surface area contributed by atoms with Crippen molar-refractivity contribution in [3.63, 3.8) is 0 Å². The van der Waals surface area contributed by atoms with Crippen LogP contribution in [0.5, 0.6) is 0 Å². The van der Waals surface area contributed by atoms with Crippen LogP contribution in [0.1, 0.15) is 29.1 Å². The summed E-state index contributed by atoms with van der Waals surface area (Å²) < 4.78 is 23.3. The lowest BCUT2D eigenvalue weighted by Crippen LogP contribution is -2.49. The minimum Gasteiger partial charge on any atom is -0.467 e. The van der Waals surface area contributed by atoms with E-state index in [1.165, 1.54) is 29.2 Å². The van der Waals surface area contributed by atoms with Gasteiger partial charge in [-0.15, -0.1) is 0 Å².